The fraction of sp³-hybridized carbons (Fsp3) is 0.385. The van der Waals surface area contributed by atoms with Gasteiger partial charge in [-0.3, -0.25) is 9.59 Å². The van der Waals surface area contributed by atoms with Crippen LogP contribution >= 0.6 is 15.9 Å². The summed E-state index contributed by atoms with van der Waals surface area (Å²) < 4.78 is 1.02. The molecule has 3 aromatic rings. The Balaban J connectivity index is 1.69. The summed E-state index contributed by atoms with van der Waals surface area (Å²) in [6.07, 6.45) is 0.885. The molecule has 5 rings (SSSR count). The smallest absolute Gasteiger partial charge is 0.254 e. The number of hydrogen-bond donors (Lipinski definition) is 1. The van der Waals surface area contributed by atoms with Crippen LogP contribution in [0.25, 0.3) is 10.9 Å². The molecule has 6 heteroatoms. The first-order valence-electron chi connectivity index (χ1n) is 11.3. The highest BCUT2D eigenvalue weighted by molar-refractivity contribution is 9.10. The maximum atomic E-state index is 13.9. The van der Waals surface area contributed by atoms with Gasteiger partial charge in [-0.2, -0.15) is 0 Å². The van der Waals surface area contributed by atoms with Crippen molar-refractivity contribution < 1.29 is 9.59 Å². The van der Waals surface area contributed by atoms with Crippen LogP contribution in [0.2, 0.25) is 0 Å². The first kappa shape index (κ1) is 21.3. The van der Waals surface area contributed by atoms with Crippen molar-refractivity contribution in [1.82, 2.24) is 14.8 Å². The van der Waals surface area contributed by atoms with Gasteiger partial charge in [0.2, 0.25) is 5.91 Å². The summed E-state index contributed by atoms with van der Waals surface area (Å²) in [5, 5.41) is 1.12. The molecule has 0 aliphatic carbocycles. The zero-order chi connectivity index (χ0) is 22.6. The Hall–Kier alpha value is -2.60. The number of halogens is 1. The summed E-state index contributed by atoms with van der Waals surface area (Å²) >= 11 is 3.53. The van der Waals surface area contributed by atoms with Crippen molar-refractivity contribution in [2.24, 2.45) is 5.92 Å². The fourth-order valence-corrected chi connectivity index (χ4v) is 5.53. The van der Waals surface area contributed by atoms with Crippen LogP contribution in [0, 0.1) is 5.92 Å². The number of nitrogens with zero attached hydrogens (tertiary/aromatic N) is 2. The van der Waals surface area contributed by atoms with E-state index in [1.165, 1.54) is 0 Å². The van der Waals surface area contributed by atoms with Crippen LogP contribution in [0.5, 0.6) is 0 Å². The van der Waals surface area contributed by atoms with E-state index in [1.54, 1.807) is 4.90 Å². The second kappa shape index (κ2) is 7.77. The number of aromatic amines is 1. The van der Waals surface area contributed by atoms with Crippen LogP contribution < -0.4 is 0 Å². The molecule has 1 saturated heterocycles. The number of fused-ring (bicyclic) bond motifs is 5. The summed E-state index contributed by atoms with van der Waals surface area (Å²) in [7, 11) is 0. The van der Waals surface area contributed by atoms with Gasteiger partial charge in [0.1, 0.15) is 0 Å². The van der Waals surface area contributed by atoms with Crippen LogP contribution in [0.3, 0.4) is 0 Å². The molecule has 32 heavy (non-hydrogen) atoms. The molecule has 0 bridgehead atoms. The molecule has 2 aliphatic rings. The van der Waals surface area contributed by atoms with E-state index in [9.17, 15) is 9.59 Å². The molecule has 0 radical (unpaired) electrons. The number of aromatic nitrogens is 1. The third-order valence-electron chi connectivity index (χ3n) is 7.07. The van der Waals surface area contributed by atoms with Crippen LogP contribution in [0.15, 0.2) is 53.0 Å². The SMILES string of the molecule is CC(C)CCN1CC(=O)N2C[C@H](c3ccc(Br)cc3)c3c([nH]c4ccccc34)[C@@]2(C)C1=O. The Morgan fingerprint density at radius 2 is 1.84 bits per heavy atom. The lowest BCUT2D eigenvalue weighted by molar-refractivity contribution is -0.166. The van der Waals surface area contributed by atoms with Crippen LogP contribution in [0.1, 0.15) is 49.9 Å². The highest BCUT2D eigenvalue weighted by Gasteiger charge is 2.56. The molecule has 0 spiro atoms. The predicted octanol–water partition coefficient (Wildman–Crippen LogP) is 5.01. The van der Waals surface area contributed by atoms with Crippen LogP contribution in [-0.2, 0) is 15.1 Å². The second-order valence-electron chi connectivity index (χ2n) is 9.55. The van der Waals surface area contributed by atoms with E-state index in [1.807, 2.05) is 42.2 Å². The van der Waals surface area contributed by atoms with E-state index >= 15 is 0 Å². The zero-order valence-electron chi connectivity index (χ0n) is 18.7. The second-order valence-corrected chi connectivity index (χ2v) is 10.5. The van der Waals surface area contributed by atoms with Crippen molar-refractivity contribution in [2.75, 3.05) is 19.6 Å². The van der Waals surface area contributed by atoms with Crippen molar-refractivity contribution in [1.29, 1.82) is 0 Å². The molecule has 2 atom stereocenters. The van der Waals surface area contributed by atoms with Crippen molar-refractivity contribution in [3.05, 3.63) is 69.8 Å². The molecule has 5 nitrogen and oxygen atoms in total. The molecule has 2 amide bonds. The molecular formula is C26H28BrN3O2. The third kappa shape index (κ3) is 3.19. The van der Waals surface area contributed by atoms with Gasteiger partial charge in [-0.1, -0.05) is 60.1 Å². The van der Waals surface area contributed by atoms with Gasteiger partial charge in [-0.25, -0.2) is 0 Å². The normalized spacial score (nSPS) is 23.1. The van der Waals surface area contributed by atoms with Crippen LogP contribution in [-0.4, -0.2) is 46.2 Å². The molecule has 1 N–H and O–H groups in total. The van der Waals surface area contributed by atoms with Crippen molar-refractivity contribution >= 4 is 38.6 Å². The number of para-hydroxylation sites is 1. The summed E-state index contributed by atoms with van der Waals surface area (Å²) in [6.45, 7) is 7.46. The van der Waals surface area contributed by atoms with E-state index in [0.717, 1.165) is 38.6 Å². The summed E-state index contributed by atoms with van der Waals surface area (Å²) in [4.78, 5) is 34.4. The van der Waals surface area contributed by atoms with Crippen molar-refractivity contribution in [2.45, 2.75) is 38.6 Å². The minimum atomic E-state index is -1.02. The summed E-state index contributed by atoms with van der Waals surface area (Å²) in [6, 6.07) is 16.5. The molecule has 0 unspecified atom stereocenters. The van der Waals surface area contributed by atoms with E-state index in [0.29, 0.717) is 19.0 Å². The first-order valence-corrected chi connectivity index (χ1v) is 12.1. The zero-order valence-corrected chi connectivity index (χ0v) is 20.3. The van der Waals surface area contributed by atoms with Gasteiger partial charge >= 0.3 is 0 Å². The molecule has 1 aromatic heterocycles. The largest absolute Gasteiger partial charge is 0.356 e. The van der Waals surface area contributed by atoms with Gasteiger partial charge in [0.25, 0.3) is 5.91 Å². The molecule has 1 fully saturated rings. The van der Waals surface area contributed by atoms with Crippen molar-refractivity contribution in [3.63, 3.8) is 0 Å². The van der Waals surface area contributed by atoms with Crippen LogP contribution in [0.4, 0.5) is 0 Å². The number of nitrogens with one attached hydrogen (secondary N) is 1. The number of piperazine rings is 1. The minimum Gasteiger partial charge on any atom is -0.356 e. The maximum absolute atomic E-state index is 13.9. The number of hydrogen-bond acceptors (Lipinski definition) is 2. The van der Waals surface area contributed by atoms with Gasteiger partial charge in [-0.15, -0.1) is 0 Å². The Labute approximate surface area is 196 Å². The Bertz CT molecular complexity index is 1200. The maximum Gasteiger partial charge on any atom is 0.254 e. The fourth-order valence-electron chi connectivity index (χ4n) is 5.26. The Kier molecular flexibility index (Phi) is 5.16. The highest BCUT2D eigenvalue weighted by atomic mass is 79.9. The number of carbonyl (C=O) groups is 2. The average Bonchev–Trinajstić information content (AvgIpc) is 3.17. The lowest BCUT2D eigenvalue weighted by atomic mass is 9.76. The quantitative estimate of drug-likeness (QED) is 0.555. The average molecular weight is 494 g/mol. The lowest BCUT2D eigenvalue weighted by Gasteiger charge is -2.51. The molecule has 0 saturated carbocycles. The molecule has 3 heterocycles. The monoisotopic (exact) mass is 493 g/mol. The number of carbonyl (C=O) groups excluding carboxylic acids is 2. The molecule has 166 valence electrons. The number of H-pyrrole nitrogens is 1. The third-order valence-corrected chi connectivity index (χ3v) is 7.59. The number of benzene rings is 2. The van der Waals surface area contributed by atoms with Gasteiger partial charge in [-0.05, 0) is 48.6 Å². The Morgan fingerprint density at radius 1 is 1.12 bits per heavy atom. The molecular weight excluding hydrogens is 466 g/mol. The number of amides is 2. The predicted molar refractivity (Wildman–Crippen MR) is 129 cm³/mol. The number of rotatable bonds is 4. The first-order chi connectivity index (χ1) is 15.3. The van der Waals surface area contributed by atoms with Gasteiger partial charge in [0.05, 0.1) is 12.2 Å². The van der Waals surface area contributed by atoms with E-state index in [4.69, 9.17) is 0 Å². The molecule has 2 aliphatic heterocycles. The van der Waals surface area contributed by atoms with Gasteiger partial charge in [0.15, 0.2) is 5.54 Å². The lowest BCUT2D eigenvalue weighted by Crippen LogP contribution is -2.67. The minimum absolute atomic E-state index is 0.00119. The summed E-state index contributed by atoms with van der Waals surface area (Å²) in [5.74, 6) is 0.504. The van der Waals surface area contributed by atoms with E-state index in [-0.39, 0.29) is 24.3 Å². The van der Waals surface area contributed by atoms with Crippen molar-refractivity contribution in [3.8, 4) is 0 Å². The van der Waals surface area contributed by atoms with Gasteiger partial charge in [0, 0.05) is 34.4 Å². The molecule has 2 aromatic carbocycles. The topological polar surface area (TPSA) is 56.4 Å². The van der Waals surface area contributed by atoms with E-state index in [2.05, 4.69) is 53.0 Å². The summed E-state index contributed by atoms with van der Waals surface area (Å²) in [5.41, 5.74) is 3.11. The van der Waals surface area contributed by atoms with E-state index < -0.39 is 5.54 Å². The standard InChI is InChI=1S/C26H28BrN3O2/c1-16(2)12-13-29-15-22(31)30-14-20(17-8-10-18(27)11-9-17)23-19-6-4-5-7-21(19)28-24(23)26(30,3)25(29)32/h4-11,16,20,28H,12-15H2,1-3H3/t20-,26+/m1/s1. The highest BCUT2D eigenvalue weighted by Crippen LogP contribution is 2.48. The Morgan fingerprint density at radius 3 is 2.56 bits per heavy atom. The van der Waals surface area contributed by atoms with Gasteiger partial charge < -0.3 is 14.8 Å².